The van der Waals surface area contributed by atoms with E-state index in [1.54, 1.807) is 0 Å². The van der Waals surface area contributed by atoms with Gasteiger partial charge in [0.1, 0.15) is 6.10 Å². The van der Waals surface area contributed by atoms with Gasteiger partial charge in [0.15, 0.2) is 0 Å². The maximum absolute atomic E-state index is 13.8. The first-order valence-corrected chi connectivity index (χ1v) is 20.4. The van der Waals surface area contributed by atoms with Gasteiger partial charge in [-0.3, -0.25) is 0 Å². The Kier molecular flexibility index (Phi) is 9.96. The van der Waals surface area contributed by atoms with Crippen molar-refractivity contribution < 1.29 is 45.4 Å². The summed E-state index contributed by atoms with van der Waals surface area (Å²) in [5.41, 5.74) is -2.79. The van der Waals surface area contributed by atoms with Gasteiger partial charge in [-0.1, -0.05) is 71.0 Å². The van der Waals surface area contributed by atoms with Crippen LogP contribution in [0, 0.1) is 56.7 Å². The highest BCUT2D eigenvalue weighted by Crippen LogP contribution is 2.77. The molecule has 0 heterocycles. The summed E-state index contributed by atoms with van der Waals surface area (Å²) in [6.45, 7) is 18.2. The molecule has 0 spiro atoms. The number of esters is 2. The van der Waals surface area contributed by atoms with Crippen molar-refractivity contribution in [3.63, 3.8) is 0 Å². The monoisotopic (exact) mass is 786 g/mol. The van der Waals surface area contributed by atoms with E-state index in [2.05, 4.69) is 48.1 Å². The van der Waals surface area contributed by atoms with Crippen molar-refractivity contribution in [1.29, 1.82) is 0 Å². The maximum atomic E-state index is 13.8. The van der Waals surface area contributed by atoms with Crippen molar-refractivity contribution in [2.75, 3.05) is 6.61 Å². The van der Waals surface area contributed by atoms with E-state index in [1.807, 2.05) is 0 Å². The summed E-state index contributed by atoms with van der Waals surface area (Å²) < 4.78 is 95.0. The van der Waals surface area contributed by atoms with Crippen LogP contribution in [0.25, 0.3) is 0 Å². The number of allylic oxidation sites excluding steroid dienone is 1. The van der Waals surface area contributed by atoms with Crippen LogP contribution < -0.4 is 0 Å². The summed E-state index contributed by atoms with van der Waals surface area (Å²) in [5, 5.41) is 0. The zero-order chi connectivity index (χ0) is 40.9. The quantitative estimate of drug-likeness (QED) is 0.166. The Morgan fingerprint density at radius 3 is 1.88 bits per heavy atom. The number of rotatable bonds is 6. The summed E-state index contributed by atoms with van der Waals surface area (Å²) in [5.74, 6) is -0.605. The lowest BCUT2D eigenvalue weighted by Crippen LogP contribution is -2.67. The average molecular weight is 787 g/mol. The number of hydrogen-bond donors (Lipinski definition) is 0. The van der Waals surface area contributed by atoms with Gasteiger partial charge in [-0.15, -0.1) is 0 Å². The van der Waals surface area contributed by atoms with Crippen LogP contribution in [-0.4, -0.2) is 24.6 Å². The van der Waals surface area contributed by atoms with Crippen molar-refractivity contribution in [2.45, 2.75) is 124 Å². The molecule has 306 valence electrons. The largest absolute Gasteiger partial charge is 0.461 e. The van der Waals surface area contributed by atoms with Crippen LogP contribution in [0.15, 0.2) is 60.7 Å². The van der Waals surface area contributed by atoms with Crippen molar-refractivity contribution in [1.82, 2.24) is 0 Å². The molecular formula is C46H56F6O4. The highest BCUT2D eigenvalue weighted by atomic mass is 19.4. The molecule has 10 atom stereocenters. The van der Waals surface area contributed by atoms with Crippen LogP contribution in [0.4, 0.5) is 26.3 Å². The minimum Gasteiger partial charge on any atom is -0.461 e. The lowest BCUT2D eigenvalue weighted by Gasteiger charge is -2.73. The van der Waals surface area contributed by atoms with E-state index in [9.17, 15) is 35.9 Å². The molecule has 2 aromatic carbocycles. The molecule has 4 nitrogen and oxygen atoms in total. The number of alkyl halides is 6. The second-order valence-corrected chi connectivity index (χ2v) is 19.5. The summed E-state index contributed by atoms with van der Waals surface area (Å²) in [7, 11) is 0. The van der Waals surface area contributed by atoms with Gasteiger partial charge in [0.25, 0.3) is 0 Å². The minimum atomic E-state index is -4.67. The minimum absolute atomic E-state index is 0.0386. The van der Waals surface area contributed by atoms with Crippen LogP contribution in [0.3, 0.4) is 0 Å². The third-order valence-electron chi connectivity index (χ3n) is 16.8. The molecule has 5 fully saturated rings. The van der Waals surface area contributed by atoms with Gasteiger partial charge in [-0.2, -0.15) is 26.3 Å². The van der Waals surface area contributed by atoms with E-state index in [-0.39, 0.29) is 46.0 Å². The van der Waals surface area contributed by atoms with E-state index < -0.39 is 58.1 Å². The Morgan fingerprint density at radius 2 is 1.29 bits per heavy atom. The van der Waals surface area contributed by atoms with E-state index in [0.717, 1.165) is 75.5 Å². The third kappa shape index (κ3) is 6.24. The lowest BCUT2D eigenvalue weighted by atomic mass is 9.32. The topological polar surface area (TPSA) is 52.6 Å². The predicted octanol–water partition coefficient (Wildman–Crippen LogP) is 12.8. The first-order valence-electron chi connectivity index (χ1n) is 20.4. The van der Waals surface area contributed by atoms with Gasteiger partial charge >= 0.3 is 24.3 Å². The molecule has 7 rings (SSSR count). The molecule has 0 aromatic heterocycles. The smallest absolute Gasteiger partial charge is 0.417 e. The molecule has 5 aliphatic rings. The zero-order valence-corrected chi connectivity index (χ0v) is 33.5. The number of ether oxygens (including phenoxy) is 2. The molecular weight excluding hydrogens is 730 g/mol. The molecule has 0 bridgehead atoms. The van der Waals surface area contributed by atoms with Crippen LogP contribution in [-0.2, 0) is 21.8 Å². The summed E-state index contributed by atoms with van der Waals surface area (Å²) >= 11 is 0. The standard InChI is InChI=1S/C46H56F6O4/c1-27(2)28-18-23-44(26-55-38(53)29-12-8-10-14-31(29)45(47,48)49)25-24-42(6)33(37(28)44)16-17-35-41(5)21-20-36(40(3,4)34(41)19-22-43(35,42)7)56-39(54)30-13-9-11-15-32(30)46(50,51)52/h8-15,28,33-37H,1,16-26H2,2-7H3/t28-,33+,34-,35+,36-,37+,41-,42+,43+,44+/m0/s1. The fourth-order valence-corrected chi connectivity index (χ4v) is 14.0. The van der Waals surface area contributed by atoms with Gasteiger partial charge in [0, 0.05) is 10.8 Å². The molecule has 56 heavy (non-hydrogen) atoms. The summed E-state index contributed by atoms with van der Waals surface area (Å²) in [4.78, 5) is 26.7. The number of carbonyl (C=O) groups is 2. The van der Waals surface area contributed by atoms with Gasteiger partial charge in [0.2, 0.25) is 0 Å². The Hall–Kier alpha value is -3.30. The molecule has 0 saturated heterocycles. The van der Waals surface area contributed by atoms with Crippen LogP contribution in [0.1, 0.15) is 138 Å². The Bertz CT molecular complexity index is 1880. The van der Waals surface area contributed by atoms with Crippen LogP contribution in [0.5, 0.6) is 0 Å². The number of hydrogen-bond acceptors (Lipinski definition) is 4. The maximum Gasteiger partial charge on any atom is 0.417 e. The molecule has 10 heteroatoms. The molecule has 0 amide bonds. The molecule has 0 aliphatic heterocycles. The SMILES string of the molecule is C=C(C)[C@@H]1CC[C@]2(COC(=O)c3ccccc3C(F)(F)F)CC[C@]3(C)[C@H](CC[C@@H]4[C@@]5(C)CC[C@H](OC(=O)c6ccccc6C(F)(F)F)C(C)(C)[C@@H]5CC[C@]43C)[C@@H]12. The zero-order valence-electron chi connectivity index (χ0n) is 33.5. The van der Waals surface area contributed by atoms with E-state index in [0.29, 0.717) is 18.3 Å². The van der Waals surface area contributed by atoms with Crippen molar-refractivity contribution >= 4 is 11.9 Å². The van der Waals surface area contributed by atoms with Gasteiger partial charge in [-0.05, 0) is 141 Å². The highest BCUT2D eigenvalue weighted by Gasteiger charge is 2.71. The Morgan fingerprint density at radius 1 is 0.696 bits per heavy atom. The first-order chi connectivity index (χ1) is 26.0. The third-order valence-corrected chi connectivity index (χ3v) is 16.8. The summed E-state index contributed by atoms with van der Waals surface area (Å²) in [6.07, 6.45) is -1.18. The highest BCUT2D eigenvalue weighted by molar-refractivity contribution is 5.92. The van der Waals surface area contributed by atoms with Crippen LogP contribution in [0.2, 0.25) is 0 Å². The fourth-order valence-electron chi connectivity index (χ4n) is 14.0. The van der Waals surface area contributed by atoms with E-state index in [1.165, 1.54) is 36.4 Å². The van der Waals surface area contributed by atoms with E-state index >= 15 is 0 Å². The molecule has 0 radical (unpaired) electrons. The predicted molar refractivity (Wildman–Crippen MR) is 201 cm³/mol. The van der Waals surface area contributed by atoms with Crippen molar-refractivity contribution in [3.8, 4) is 0 Å². The number of halogens is 6. The summed E-state index contributed by atoms with van der Waals surface area (Å²) in [6, 6.07) is 9.63. The number of carbonyl (C=O) groups excluding carboxylic acids is 2. The normalized spacial score (nSPS) is 37.6. The lowest BCUT2D eigenvalue weighted by molar-refractivity contribution is -0.249. The van der Waals surface area contributed by atoms with Gasteiger partial charge in [-0.25, -0.2) is 9.59 Å². The average Bonchev–Trinajstić information content (AvgIpc) is 3.51. The second kappa shape index (κ2) is 13.6. The van der Waals surface area contributed by atoms with E-state index in [4.69, 9.17) is 9.47 Å². The molecule has 5 aliphatic carbocycles. The van der Waals surface area contributed by atoms with Crippen LogP contribution >= 0.6 is 0 Å². The molecule has 2 aromatic rings. The van der Waals surface area contributed by atoms with Gasteiger partial charge < -0.3 is 9.47 Å². The number of fused-ring (bicyclic) bond motifs is 7. The second-order valence-electron chi connectivity index (χ2n) is 19.5. The molecule has 5 saturated carbocycles. The molecule has 0 unspecified atom stereocenters. The van der Waals surface area contributed by atoms with Crippen molar-refractivity contribution in [3.05, 3.63) is 82.9 Å². The van der Waals surface area contributed by atoms with Crippen molar-refractivity contribution in [2.24, 2.45) is 56.7 Å². The Balaban J connectivity index is 1.13. The van der Waals surface area contributed by atoms with Gasteiger partial charge in [0.05, 0.1) is 28.9 Å². The fraction of sp³-hybridized carbons (Fsp3) is 0.652. The molecule has 0 N–H and O–H groups in total. The Labute approximate surface area is 327 Å². The first kappa shape index (κ1) is 40.9. The number of benzene rings is 2.